The Labute approximate surface area is 187 Å². The summed E-state index contributed by atoms with van der Waals surface area (Å²) in [5.41, 5.74) is 2.44. The molecule has 3 aromatic carbocycles. The Morgan fingerprint density at radius 2 is 1.65 bits per heavy atom. The van der Waals surface area contributed by atoms with Crippen molar-refractivity contribution in [2.75, 3.05) is 6.61 Å². The molecule has 4 rings (SSSR count). The highest BCUT2D eigenvalue weighted by Crippen LogP contribution is 2.41. The number of rotatable bonds is 8. The third-order valence-corrected chi connectivity index (χ3v) is 6.09. The van der Waals surface area contributed by atoms with Crippen LogP contribution < -0.4 is 9.47 Å². The number of thiophene rings is 1. The predicted octanol–water partition coefficient (Wildman–Crippen LogP) is 7.38. The van der Waals surface area contributed by atoms with Gasteiger partial charge in [-0.15, -0.1) is 11.3 Å². The van der Waals surface area contributed by atoms with Crippen LogP contribution in [0, 0.1) is 0 Å². The molecule has 0 spiro atoms. The van der Waals surface area contributed by atoms with E-state index in [0.29, 0.717) is 12.2 Å². The third-order valence-electron chi connectivity index (χ3n) is 4.89. The van der Waals surface area contributed by atoms with Crippen molar-refractivity contribution in [3.63, 3.8) is 0 Å². The molecule has 0 radical (unpaired) electrons. The summed E-state index contributed by atoms with van der Waals surface area (Å²) in [6.07, 6.45) is 1.07. The maximum Gasteiger partial charge on any atom is 0.195 e. The van der Waals surface area contributed by atoms with E-state index in [1.807, 2.05) is 86.6 Å². The molecular formula is C27H26O3S. The second kappa shape index (κ2) is 9.36. The molecule has 0 aliphatic heterocycles. The van der Waals surface area contributed by atoms with Crippen LogP contribution in [0.1, 0.15) is 43.1 Å². The summed E-state index contributed by atoms with van der Waals surface area (Å²) in [5, 5.41) is 0.959. The summed E-state index contributed by atoms with van der Waals surface area (Å²) >= 11 is 1.63. The first kappa shape index (κ1) is 21.1. The van der Waals surface area contributed by atoms with E-state index >= 15 is 0 Å². The molecule has 1 aromatic heterocycles. The lowest BCUT2D eigenvalue weighted by Crippen LogP contribution is -2.05. The lowest BCUT2D eigenvalue weighted by molar-refractivity contribution is 0.104. The van der Waals surface area contributed by atoms with Crippen molar-refractivity contribution in [3.05, 3.63) is 83.9 Å². The fraction of sp³-hybridized carbons (Fsp3) is 0.222. The molecule has 0 fully saturated rings. The van der Waals surface area contributed by atoms with Crippen LogP contribution in [0.15, 0.2) is 72.8 Å². The molecule has 158 valence electrons. The standard InChI is InChI=1S/C27H26O3S/c1-4-16-29-22-14-15-23-24(17-22)31-27(20-10-12-21(13-11-20)30-18(2)3)25(23)26(28)19-8-6-5-7-9-19/h5-15,17-18H,4,16H2,1-3H3. The van der Waals surface area contributed by atoms with Crippen LogP contribution in [-0.2, 0) is 0 Å². The minimum Gasteiger partial charge on any atom is -0.494 e. The van der Waals surface area contributed by atoms with Crippen LogP contribution in [0.5, 0.6) is 11.5 Å². The number of hydrogen-bond acceptors (Lipinski definition) is 4. The molecule has 1 heterocycles. The second-order valence-corrected chi connectivity index (χ2v) is 8.75. The van der Waals surface area contributed by atoms with Crippen LogP contribution in [0.25, 0.3) is 20.5 Å². The number of fused-ring (bicyclic) bond motifs is 1. The van der Waals surface area contributed by atoms with E-state index in [1.54, 1.807) is 11.3 Å². The van der Waals surface area contributed by atoms with Crippen molar-refractivity contribution >= 4 is 27.2 Å². The van der Waals surface area contributed by atoms with E-state index < -0.39 is 0 Å². The quantitative estimate of drug-likeness (QED) is 0.274. The maximum atomic E-state index is 13.5. The van der Waals surface area contributed by atoms with Gasteiger partial charge >= 0.3 is 0 Å². The average molecular weight is 431 g/mol. The van der Waals surface area contributed by atoms with Gasteiger partial charge < -0.3 is 9.47 Å². The van der Waals surface area contributed by atoms with Gasteiger partial charge in [0.2, 0.25) is 0 Å². The molecule has 0 N–H and O–H groups in total. The van der Waals surface area contributed by atoms with Gasteiger partial charge in [0, 0.05) is 26.1 Å². The van der Waals surface area contributed by atoms with Crippen molar-refractivity contribution < 1.29 is 14.3 Å². The van der Waals surface area contributed by atoms with Gasteiger partial charge in [-0.25, -0.2) is 0 Å². The average Bonchev–Trinajstić information content (AvgIpc) is 3.16. The first-order valence-electron chi connectivity index (χ1n) is 10.6. The van der Waals surface area contributed by atoms with E-state index in [1.165, 1.54) is 0 Å². The molecule has 0 amide bonds. The van der Waals surface area contributed by atoms with Crippen LogP contribution in [0.4, 0.5) is 0 Å². The molecule has 4 heteroatoms. The van der Waals surface area contributed by atoms with E-state index in [4.69, 9.17) is 9.47 Å². The number of hydrogen-bond donors (Lipinski definition) is 0. The molecule has 0 saturated heterocycles. The van der Waals surface area contributed by atoms with Crippen molar-refractivity contribution in [1.29, 1.82) is 0 Å². The first-order valence-corrected chi connectivity index (χ1v) is 11.4. The Balaban J connectivity index is 1.83. The molecule has 0 atom stereocenters. The Hall–Kier alpha value is -3.11. The summed E-state index contributed by atoms with van der Waals surface area (Å²) < 4.78 is 12.7. The highest BCUT2D eigenvalue weighted by atomic mass is 32.1. The van der Waals surface area contributed by atoms with Gasteiger partial charge in [-0.2, -0.15) is 0 Å². The monoisotopic (exact) mass is 430 g/mol. The van der Waals surface area contributed by atoms with Gasteiger partial charge in [-0.3, -0.25) is 4.79 Å². The van der Waals surface area contributed by atoms with Crippen LogP contribution in [0.3, 0.4) is 0 Å². The molecule has 4 aromatic rings. The van der Waals surface area contributed by atoms with Crippen LogP contribution in [-0.4, -0.2) is 18.5 Å². The number of carbonyl (C=O) groups is 1. The zero-order valence-electron chi connectivity index (χ0n) is 18.1. The topological polar surface area (TPSA) is 35.5 Å². The minimum absolute atomic E-state index is 0.0339. The lowest BCUT2D eigenvalue weighted by atomic mass is 9.97. The summed E-state index contributed by atoms with van der Waals surface area (Å²) in [6, 6.07) is 23.4. The van der Waals surface area contributed by atoms with Gasteiger partial charge in [0.1, 0.15) is 11.5 Å². The van der Waals surface area contributed by atoms with Crippen molar-refractivity contribution in [3.8, 4) is 21.9 Å². The molecule has 0 aliphatic rings. The predicted molar refractivity (Wildman–Crippen MR) is 129 cm³/mol. The van der Waals surface area contributed by atoms with Crippen molar-refractivity contribution in [2.24, 2.45) is 0 Å². The smallest absolute Gasteiger partial charge is 0.195 e. The Bertz CT molecular complexity index is 1170. The van der Waals surface area contributed by atoms with Crippen LogP contribution in [0.2, 0.25) is 0 Å². The Morgan fingerprint density at radius 1 is 0.935 bits per heavy atom. The summed E-state index contributed by atoms with van der Waals surface area (Å²) in [5.74, 6) is 1.69. The van der Waals surface area contributed by atoms with Gasteiger partial charge in [0.05, 0.1) is 12.7 Å². The molecule has 0 unspecified atom stereocenters. The SMILES string of the molecule is CCCOc1ccc2c(C(=O)c3ccccc3)c(-c3ccc(OC(C)C)cc3)sc2c1. The minimum atomic E-state index is 0.0339. The highest BCUT2D eigenvalue weighted by Gasteiger charge is 2.22. The lowest BCUT2D eigenvalue weighted by Gasteiger charge is -2.10. The summed E-state index contributed by atoms with van der Waals surface area (Å²) in [6.45, 7) is 6.78. The highest BCUT2D eigenvalue weighted by molar-refractivity contribution is 7.22. The Morgan fingerprint density at radius 3 is 2.32 bits per heavy atom. The molecule has 0 saturated carbocycles. The number of ether oxygens (including phenoxy) is 2. The van der Waals surface area contributed by atoms with E-state index in [2.05, 4.69) is 6.92 Å². The van der Waals surface area contributed by atoms with E-state index in [0.717, 1.165) is 44.0 Å². The summed E-state index contributed by atoms with van der Waals surface area (Å²) in [7, 11) is 0. The molecule has 0 aliphatic carbocycles. The normalized spacial score (nSPS) is 11.1. The number of benzene rings is 3. The van der Waals surface area contributed by atoms with E-state index in [9.17, 15) is 4.79 Å². The summed E-state index contributed by atoms with van der Waals surface area (Å²) in [4.78, 5) is 14.5. The number of ketones is 1. The zero-order chi connectivity index (χ0) is 21.8. The van der Waals surface area contributed by atoms with Gasteiger partial charge in [0.15, 0.2) is 5.78 Å². The molecule has 31 heavy (non-hydrogen) atoms. The molecular weight excluding hydrogens is 404 g/mol. The van der Waals surface area contributed by atoms with Crippen molar-refractivity contribution in [2.45, 2.75) is 33.3 Å². The second-order valence-electron chi connectivity index (χ2n) is 7.70. The fourth-order valence-electron chi connectivity index (χ4n) is 3.51. The van der Waals surface area contributed by atoms with Gasteiger partial charge in [-0.05, 0) is 68.3 Å². The molecule has 3 nitrogen and oxygen atoms in total. The van der Waals surface area contributed by atoms with Gasteiger partial charge in [-0.1, -0.05) is 37.3 Å². The fourth-order valence-corrected chi connectivity index (χ4v) is 4.74. The van der Waals surface area contributed by atoms with Crippen LogP contribution >= 0.6 is 11.3 Å². The van der Waals surface area contributed by atoms with Crippen molar-refractivity contribution in [1.82, 2.24) is 0 Å². The third kappa shape index (κ3) is 4.64. The largest absolute Gasteiger partial charge is 0.494 e. The first-order chi connectivity index (χ1) is 15.1. The number of carbonyl (C=O) groups excluding carboxylic acids is 1. The maximum absolute atomic E-state index is 13.5. The zero-order valence-corrected chi connectivity index (χ0v) is 18.9. The Kier molecular flexibility index (Phi) is 6.38. The molecule has 0 bridgehead atoms. The van der Waals surface area contributed by atoms with E-state index in [-0.39, 0.29) is 11.9 Å². The van der Waals surface area contributed by atoms with Gasteiger partial charge in [0.25, 0.3) is 0 Å².